The van der Waals surface area contributed by atoms with E-state index in [-0.39, 0.29) is 5.41 Å². The minimum atomic E-state index is 0.237. The number of ether oxygens (including phenoxy) is 1. The van der Waals surface area contributed by atoms with Gasteiger partial charge in [0, 0.05) is 18.5 Å². The van der Waals surface area contributed by atoms with E-state index < -0.39 is 0 Å². The van der Waals surface area contributed by atoms with Crippen molar-refractivity contribution in [2.24, 2.45) is 10.4 Å². The van der Waals surface area contributed by atoms with E-state index in [1.807, 2.05) is 12.1 Å². The van der Waals surface area contributed by atoms with Gasteiger partial charge in [-0.2, -0.15) is 0 Å². The highest BCUT2D eigenvalue weighted by Gasteiger charge is 2.33. The maximum atomic E-state index is 5.26. The molecule has 5 nitrogen and oxygen atoms in total. The third-order valence-electron chi connectivity index (χ3n) is 2.90. The monoisotopic (exact) mass is 251 g/mol. The normalized spacial score (nSPS) is 18.2. The standard InChI is InChI=1S/C13H21N3O2/c1-3-14-12(15-7-11-5-4-6-18-11)16-8-13(2)9-17-10-13/h4-6H,3,7-10H2,1-2H3,(H2,14,15,16). The second kappa shape index (κ2) is 5.91. The summed E-state index contributed by atoms with van der Waals surface area (Å²) < 4.78 is 10.5. The number of rotatable bonds is 5. The van der Waals surface area contributed by atoms with Crippen LogP contribution in [-0.4, -0.2) is 32.3 Å². The second-order valence-corrected chi connectivity index (χ2v) is 4.93. The molecular formula is C13H21N3O2. The van der Waals surface area contributed by atoms with Crippen molar-refractivity contribution in [3.63, 3.8) is 0 Å². The Morgan fingerprint density at radius 2 is 2.28 bits per heavy atom. The highest BCUT2D eigenvalue weighted by atomic mass is 16.5. The molecule has 1 aromatic heterocycles. The summed E-state index contributed by atoms with van der Waals surface area (Å²) in [6.07, 6.45) is 1.66. The molecule has 2 rings (SSSR count). The van der Waals surface area contributed by atoms with Gasteiger partial charge in [0.15, 0.2) is 5.96 Å². The number of aliphatic imine (C=N–C) groups is 1. The third-order valence-corrected chi connectivity index (χ3v) is 2.90. The van der Waals surface area contributed by atoms with Crippen LogP contribution in [0.3, 0.4) is 0 Å². The molecule has 0 bridgehead atoms. The lowest BCUT2D eigenvalue weighted by molar-refractivity contribution is -0.0971. The number of nitrogens with zero attached hydrogens (tertiary/aromatic N) is 1. The fourth-order valence-corrected chi connectivity index (χ4v) is 1.75. The van der Waals surface area contributed by atoms with Crippen molar-refractivity contribution < 1.29 is 9.15 Å². The van der Waals surface area contributed by atoms with Crippen LogP contribution < -0.4 is 10.6 Å². The van der Waals surface area contributed by atoms with Gasteiger partial charge in [-0.3, -0.25) is 0 Å². The van der Waals surface area contributed by atoms with Crippen LogP contribution in [0.5, 0.6) is 0 Å². The van der Waals surface area contributed by atoms with Crippen molar-refractivity contribution in [2.45, 2.75) is 20.4 Å². The van der Waals surface area contributed by atoms with Gasteiger partial charge in [0.2, 0.25) is 0 Å². The molecule has 1 aliphatic heterocycles. The van der Waals surface area contributed by atoms with Gasteiger partial charge in [-0.15, -0.1) is 0 Å². The number of hydrogen-bond acceptors (Lipinski definition) is 3. The first-order valence-corrected chi connectivity index (χ1v) is 6.34. The Kier molecular flexibility index (Phi) is 4.25. The molecular weight excluding hydrogens is 230 g/mol. The summed E-state index contributed by atoms with van der Waals surface area (Å²) >= 11 is 0. The van der Waals surface area contributed by atoms with Crippen LogP contribution in [0.15, 0.2) is 27.8 Å². The predicted molar refractivity (Wildman–Crippen MR) is 70.5 cm³/mol. The highest BCUT2D eigenvalue weighted by Crippen LogP contribution is 2.24. The minimum Gasteiger partial charge on any atom is -0.467 e. The smallest absolute Gasteiger partial charge is 0.191 e. The molecule has 1 fully saturated rings. The molecule has 2 heterocycles. The maximum Gasteiger partial charge on any atom is 0.191 e. The second-order valence-electron chi connectivity index (χ2n) is 4.93. The highest BCUT2D eigenvalue weighted by molar-refractivity contribution is 5.79. The fourth-order valence-electron chi connectivity index (χ4n) is 1.75. The van der Waals surface area contributed by atoms with Crippen molar-refractivity contribution >= 4 is 5.96 Å². The van der Waals surface area contributed by atoms with Gasteiger partial charge >= 0.3 is 0 Å². The van der Waals surface area contributed by atoms with E-state index >= 15 is 0 Å². The van der Waals surface area contributed by atoms with E-state index in [4.69, 9.17) is 9.15 Å². The summed E-state index contributed by atoms with van der Waals surface area (Å²) in [5.41, 5.74) is 0.237. The van der Waals surface area contributed by atoms with Crippen molar-refractivity contribution in [3.8, 4) is 0 Å². The van der Waals surface area contributed by atoms with E-state index in [0.29, 0.717) is 6.54 Å². The lowest BCUT2D eigenvalue weighted by Gasteiger charge is -2.38. The molecule has 1 saturated heterocycles. The van der Waals surface area contributed by atoms with E-state index in [0.717, 1.165) is 38.0 Å². The molecule has 18 heavy (non-hydrogen) atoms. The molecule has 1 aromatic rings. The lowest BCUT2D eigenvalue weighted by atomic mass is 9.89. The van der Waals surface area contributed by atoms with Gasteiger partial charge < -0.3 is 19.8 Å². The zero-order chi connectivity index (χ0) is 12.8. The van der Waals surface area contributed by atoms with E-state index in [1.165, 1.54) is 0 Å². The van der Waals surface area contributed by atoms with Gasteiger partial charge in [-0.25, -0.2) is 4.99 Å². The van der Waals surface area contributed by atoms with Crippen LogP contribution in [0.4, 0.5) is 0 Å². The first-order chi connectivity index (χ1) is 8.72. The Hall–Kier alpha value is -1.49. The molecule has 0 saturated carbocycles. The van der Waals surface area contributed by atoms with Gasteiger partial charge in [0.25, 0.3) is 0 Å². The van der Waals surface area contributed by atoms with Crippen LogP contribution in [0.25, 0.3) is 0 Å². The van der Waals surface area contributed by atoms with Crippen molar-refractivity contribution in [1.82, 2.24) is 10.6 Å². The summed E-state index contributed by atoms with van der Waals surface area (Å²) in [5, 5.41) is 6.56. The van der Waals surface area contributed by atoms with E-state index in [9.17, 15) is 0 Å². The van der Waals surface area contributed by atoms with Crippen molar-refractivity contribution in [1.29, 1.82) is 0 Å². The summed E-state index contributed by atoms with van der Waals surface area (Å²) in [5.74, 6) is 1.69. The number of nitrogens with one attached hydrogen (secondary N) is 2. The molecule has 2 N–H and O–H groups in total. The molecule has 1 aliphatic rings. The summed E-state index contributed by atoms with van der Waals surface area (Å²) in [7, 11) is 0. The molecule has 0 atom stereocenters. The van der Waals surface area contributed by atoms with Crippen LogP contribution >= 0.6 is 0 Å². The van der Waals surface area contributed by atoms with Gasteiger partial charge in [0.1, 0.15) is 12.3 Å². The molecule has 0 radical (unpaired) electrons. The zero-order valence-electron chi connectivity index (χ0n) is 11.0. The molecule has 100 valence electrons. The van der Waals surface area contributed by atoms with E-state index in [1.54, 1.807) is 6.26 Å². The molecule has 5 heteroatoms. The Morgan fingerprint density at radius 1 is 1.44 bits per heavy atom. The Morgan fingerprint density at radius 3 is 2.83 bits per heavy atom. The summed E-state index contributed by atoms with van der Waals surface area (Å²) in [6, 6.07) is 3.80. The number of hydrogen-bond donors (Lipinski definition) is 2. The average molecular weight is 251 g/mol. The quantitative estimate of drug-likeness (QED) is 0.613. The van der Waals surface area contributed by atoms with Crippen LogP contribution in [-0.2, 0) is 11.3 Å². The SMILES string of the molecule is CCNC(=NCc1ccco1)NCC1(C)COC1. The number of furan rings is 1. The number of guanidine groups is 1. The predicted octanol–water partition coefficient (Wildman–Crippen LogP) is 1.37. The van der Waals surface area contributed by atoms with Crippen LogP contribution in [0.2, 0.25) is 0 Å². The summed E-state index contributed by atoms with van der Waals surface area (Å²) in [4.78, 5) is 4.48. The Balaban J connectivity index is 1.84. The molecule has 0 unspecified atom stereocenters. The largest absolute Gasteiger partial charge is 0.467 e. The Labute approximate surface area is 108 Å². The fraction of sp³-hybridized carbons (Fsp3) is 0.615. The first kappa shape index (κ1) is 13.0. The molecule has 0 amide bonds. The Bertz CT molecular complexity index is 383. The first-order valence-electron chi connectivity index (χ1n) is 6.34. The minimum absolute atomic E-state index is 0.237. The van der Waals surface area contributed by atoms with Gasteiger partial charge in [-0.1, -0.05) is 6.92 Å². The van der Waals surface area contributed by atoms with E-state index in [2.05, 4.69) is 29.5 Å². The topological polar surface area (TPSA) is 58.8 Å². The molecule has 0 aromatic carbocycles. The third kappa shape index (κ3) is 3.50. The van der Waals surface area contributed by atoms with Gasteiger partial charge in [-0.05, 0) is 19.1 Å². The summed E-state index contributed by atoms with van der Waals surface area (Å²) in [6.45, 7) is 8.16. The molecule has 0 aliphatic carbocycles. The maximum absolute atomic E-state index is 5.26. The zero-order valence-corrected chi connectivity index (χ0v) is 11.0. The van der Waals surface area contributed by atoms with Crippen molar-refractivity contribution in [2.75, 3.05) is 26.3 Å². The van der Waals surface area contributed by atoms with Gasteiger partial charge in [0.05, 0.1) is 19.5 Å². The average Bonchev–Trinajstić information content (AvgIpc) is 2.83. The molecule has 0 spiro atoms. The van der Waals surface area contributed by atoms with Crippen LogP contribution in [0, 0.1) is 5.41 Å². The van der Waals surface area contributed by atoms with Crippen LogP contribution in [0.1, 0.15) is 19.6 Å². The lowest BCUT2D eigenvalue weighted by Crippen LogP contribution is -2.51. The van der Waals surface area contributed by atoms with Crippen molar-refractivity contribution in [3.05, 3.63) is 24.2 Å².